The zero-order chi connectivity index (χ0) is 14.7. The van der Waals surface area contributed by atoms with Crippen molar-refractivity contribution in [2.45, 2.75) is 45.4 Å². The first-order valence-electron chi connectivity index (χ1n) is 7.88. The van der Waals surface area contributed by atoms with Crippen LogP contribution in [0, 0.1) is 6.92 Å². The van der Waals surface area contributed by atoms with E-state index < -0.39 is 0 Å². The highest BCUT2D eigenvalue weighted by molar-refractivity contribution is 5.81. The number of benzene rings is 2. The van der Waals surface area contributed by atoms with E-state index in [0.717, 1.165) is 6.42 Å². The molecule has 0 heterocycles. The van der Waals surface area contributed by atoms with Gasteiger partial charge in [-0.2, -0.15) is 0 Å². The van der Waals surface area contributed by atoms with Crippen molar-refractivity contribution in [3.05, 3.63) is 70.3 Å². The first-order valence-corrected chi connectivity index (χ1v) is 7.88. The van der Waals surface area contributed by atoms with Crippen molar-refractivity contribution < 1.29 is 4.79 Å². The Labute approximate surface area is 127 Å². The average Bonchev–Trinajstić information content (AvgIpc) is 2.93. The Hall–Kier alpha value is -1.89. The van der Waals surface area contributed by atoms with Gasteiger partial charge in [-0.3, -0.25) is 4.79 Å². The van der Waals surface area contributed by atoms with Gasteiger partial charge in [0, 0.05) is 12.8 Å². The van der Waals surface area contributed by atoms with Gasteiger partial charge in [0.2, 0.25) is 0 Å². The summed E-state index contributed by atoms with van der Waals surface area (Å²) < 4.78 is 0. The molecule has 108 valence electrons. The van der Waals surface area contributed by atoms with Gasteiger partial charge in [0.1, 0.15) is 5.78 Å². The first-order chi connectivity index (χ1) is 10.2. The van der Waals surface area contributed by atoms with Crippen LogP contribution >= 0.6 is 0 Å². The van der Waals surface area contributed by atoms with Crippen LogP contribution in [0.5, 0.6) is 0 Å². The number of carbonyl (C=O) groups excluding carboxylic acids is 1. The highest BCUT2D eigenvalue weighted by Gasteiger charge is 2.12. The molecule has 2 aromatic rings. The number of ketones is 1. The highest BCUT2D eigenvalue weighted by atomic mass is 16.1. The van der Waals surface area contributed by atoms with Crippen molar-refractivity contribution in [1.82, 2.24) is 0 Å². The molecule has 0 bridgehead atoms. The van der Waals surface area contributed by atoms with Crippen molar-refractivity contribution in [2.75, 3.05) is 0 Å². The number of rotatable bonds is 5. The normalized spacial score (nSPS) is 13.2. The van der Waals surface area contributed by atoms with E-state index in [1.54, 1.807) is 0 Å². The van der Waals surface area contributed by atoms with E-state index in [1.165, 1.54) is 47.1 Å². The third-order valence-electron chi connectivity index (χ3n) is 4.34. The molecule has 0 atom stereocenters. The number of carbonyl (C=O) groups is 1. The minimum atomic E-state index is 0.342. The molecule has 21 heavy (non-hydrogen) atoms. The number of hydrogen-bond donors (Lipinski definition) is 0. The monoisotopic (exact) mass is 278 g/mol. The average molecular weight is 278 g/mol. The van der Waals surface area contributed by atoms with Gasteiger partial charge in [0.05, 0.1) is 0 Å². The Morgan fingerprint density at radius 3 is 2.71 bits per heavy atom. The summed E-state index contributed by atoms with van der Waals surface area (Å²) in [6, 6.07) is 15.0. The Morgan fingerprint density at radius 2 is 1.86 bits per heavy atom. The minimum absolute atomic E-state index is 0.342. The molecule has 1 nitrogen and oxygen atoms in total. The van der Waals surface area contributed by atoms with Crippen LogP contribution in [0.3, 0.4) is 0 Å². The fourth-order valence-electron chi connectivity index (χ4n) is 3.20. The topological polar surface area (TPSA) is 17.1 Å². The van der Waals surface area contributed by atoms with Crippen molar-refractivity contribution in [3.63, 3.8) is 0 Å². The second kappa shape index (κ2) is 6.26. The summed E-state index contributed by atoms with van der Waals surface area (Å²) in [4.78, 5) is 12.2. The number of fused-ring (bicyclic) bond motifs is 1. The molecule has 1 heteroatoms. The van der Waals surface area contributed by atoms with Crippen LogP contribution in [0.2, 0.25) is 0 Å². The Bertz CT molecular complexity index is 655. The lowest BCUT2D eigenvalue weighted by molar-refractivity contribution is -0.118. The third kappa shape index (κ3) is 3.60. The molecular weight excluding hydrogens is 256 g/mol. The standard InChI is InChI=1S/C20H22O/c1-15-4-2-5-16(12-15)9-11-20(21)14-17-8-10-18-6-3-7-19(18)13-17/h2,4-5,8,10,12-13H,3,6-7,9,11,14H2,1H3. The second-order valence-corrected chi connectivity index (χ2v) is 6.16. The maximum Gasteiger partial charge on any atom is 0.137 e. The van der Waals surface area contributed by atoms with E-state index in [0.29, 0.717) is 18.6 Å². The molecule has 0 unspecified atom stereocenters. The molecule has 0 saturated carbocycles. The minimum Gasteiger partial charge on any atom is -0.299 e. The molecule has 0 radical (unpaired) electrons. The molecule has 0 fully saturated rings. The van der Waals surface area contributed by atoms with Crippen LogP contribution in [0.15, 0.2) is 42.5 Å². The van der Waals surface area contributed by atoms with E-state index in [1.807, 2.05) is 0 Å². The molecule has 0 aromatic heterocycles. The maximum absolute atomic E-state index is 12.2. The lowest BCUT2D eigenvalue weighted by atomic mass is 9.99. The van der Waals surface area contributed by atoms with E-state index in [9.17, 15) is 4.79 Å². The van der Waals surface area contributed by atoms with Crippen molar-refractivity contribution in [1.29, 1.82) is 0 Å². The summed E-state index contributed by atoms with van der Waals surface area (Å²) in [5.74, 6) is 0.342. The zero-order valence-electron chi connectivity index (χ0n) is 12.7. The van der Waals surface area contributed by atoms with Crippen molar-refractivity contribution in [3.8, 4) is 0 Å². The molecular formula is C20H22O. The molecule has 2 aromatic carbocycles. The molecule has 0 saturated heterocycles. The van der Waals surface area contributed by atoms with Gasteiger partial charge >= 0.3 is 0 Å². The van der Waals surface area contributed by atoms with Gasteiger partial charge in [0.25, 0.3) is 0 Å². The zero-order valence-corrected chi connectivity index (χ0v) is 12.7. The number of hydrogen-bond acceptors (Lipinski definition) is 1. The highest BCUT2D eigenvalue weighted by Crippen LogP contribution is 2.23. The fourth-order valence-corrected chi connectivity index (χ4v) is 3.20. The fraction of sp³-hybridized carbons (Fsp3) is 0.350. The molecule has 0 aliphatic heterocycles. The Kier molecular flexibility index (Phi) is 4.19. The summed E-state index contributed by atoms with van der Waals surface area (Å²) in [6.45, 7) is 2.09. The van der Waals surface area contributed by atoms with Crippen LogP contribution in [-0.4, -0.2) is 5.78 Å². The molecule has 3 rings (SSSR count). The van der Waals surface area contributed by atoms with E-state index in [4.69, 9.17) is 0 Å². The number of aryl methyl sites for hydroxylation is 4. The summed E-state index contributed by atoms with van der Waals surface area (Å²) in [7, 11) is 0. The molecule has 0 amide bonds. The van der Waals surface area contributed by atoms with Crippen molar-refractivity contribution in [2.24, 2.45) is 0 Å². The number of Topliss-reactive ketones (excluding diaryl/α,β-unsaturated/α-hetero) is 1. The summed E-state index contributed by atoms with van der Waals surface area (Å²) in [6.07, 6.45) is 5.72. The van der Waals surface area contributed by atoms with Crippen molar-refractivity contribution >= 4 is 5.78 Å². The maximum atomic E-state index is 12.2. The van der Waals surface area contributed by atoms with Crippen LogP contribution < -0.4 is 0 Å². The van der Waals surface area contributed by atoms with E-state index in [-0.39, 0.29) is 0 Å². The van der Waals surface area contributed by atoms with Gasteiger partial charge in [-0.05, 0) is 54.9 Å². The smallest absolute Gasteiger partial charge is 0.137 e. The van der Waals surface area contributed by atoms with E-state index >= 15 is 0 Å². The summed E-state index contributed by atoms with van der Waals surface area (Å²) in [5, 5.41) is 0. The molecule has 0 N–H and O–H groups in total. The van der Waals surface area contributed by atoms with Gasteiger partial charge in [-0.15, -0.1) is 0 Å². The predicted octanol–water partition coefficient (Wildman–Crippen LogP) is 4.23. The Morgan fingerprint density at radius 1 is 1.00 bits per heavy atom. The van der Waals surface area contributed by atoms with Crippen LogP contribution in [0.1, 0.15) is 40.7 Å². The van der Waals surface area contributed by atoms with Gasteiger partial charge in [-0.25, -0.2) is 0 Å². The lowest BCUT2D eigenvalue weighted by Gasteiger charge is -2.05. The first kappa shape index (κ1) is 14.1. The molecule has 1 aliphatic carbocycles. The summed E-state index contributed by atoms with van der Waals surface area (Å²) >= 11 is 0. The van der Waals surface area contributed by atoms with Crippen LogP contribution in [0.25, 0.3) is 0 Å². The Balaban J connectivity index is 1.57. The lowest BCUT2D eigenvalue weighted by Crippen LogP contribution is -2.05. The van der Waals surface area contributed by atoms with Gasteiger partial charge in [0.15, 0.2) is 0 Å². The van der Waals surface area contributed by atoms with Gasteiger partial charge < -0.3 is 0 Å². The third-order valence-corrected chi connectivity index (χ3v) is 4.34. The molecule has 0 spiro atoms. The largest absolute Gasteiger partial charge is 0.299 e. The summed E-state index contributed by atoms with van der Waals surface area (Å²) in [5.41, 5.74) is 6.64. The SMILES string of the molecule is Cc1cccc(CCC(=O)Cc2ccc3c(c2)CCC3)c1. The van der Waals surface area contributed by atoms with E-state index in [2.05, 4.69) is 49.4 Å². The van der Waals surface area contributed by atoms with Gasteiger partial charge in [-0.1, -0.05) is 48.0 Å². The van der Waals surface area contributed by atoms with Crippen LogP contribution in [0.4, 0.5) is 0 Å². The quantitative estimate of drug-likeness (QED) is 0.800. The molecule has 1 aliphatic rings. The van der Waals surface area contributed by atoms with Crippen LogP contribution in [-0.2, 0) is 30.5 Å². The second-order valence-electron chi connectivity index (χ2n) is 6.16. The predicted molar refractivity (Wildman–Crippen MR) is 86.7 cm³/mol.